The van der Waals surface area contributed by atoms with Crippen molar-refractivity contribution < 1.29 is 9.53 Å². The van der Waals surface area contributed by atoms with Crippen LogP contribution in [0.1, 0.15) is 19.8 Å². The monoisotopic (exact) mass is 328 g/mol. The molecule has 0 aliphatic carbocycles. The molecular formula is C17H20N4O3. The first-order chi connectivity index (χ1) is 11.7. The minimum Gasteiger partial charge on any atom is -0.466 e. The number of anilines is 1. The lowest BCUT2D eigenvalue weighted by atomic mass is 9.98. The molecule has 0 saturated carbocycles. The van der Waals surface area contributed by atoms with Crippen LogP contribution < -0.4 is 10.5 Å². The Hall–Kier alpha value is -2.70. The number of aromatic amines is 1. The van der Waals surface area contributed by atoms with Crippen LogP contribution in [-0.4, -0.2) is 40.8 Å². The maximum Gasteiger partial charge on any atom is 0.310 e. The minimum absolute atomic E-state index is 0.196. The van der Waals surface area contributed by atoms with Crippen LogP contribution in [0.15, 0.2) is 35.1 Å². The third-order valence-electron chi connectivity index (χ3n) is 4.07. The molecule has 0 spiro atoms. The molecule has 1 aliphatic heterocycles. The number of piperidine rings is 1. The van der Waals surface area contributed by atoms with Crippen LogP contribution in [0.2, 0.25) is 0 Å². The molecule has 7 heteroatoms. The van der Waals surface area contributed by atoms with Crippen LogP contribution in [0.3, 0.4) is 0 Å². The predicted octanol–water partition coefficient (Wildman–Crippen LogP) is 1.61. The quantitative estimate of drug-likeness (QED) is 0.858. The van der Waals surface area contributed by atoms with Gasteiger partial charge in [-0.05, 0) is 19.8 Å². The van der Waals surface area contributed by atoms with E-state index in [-0.39, 0.29) is 17.4 Å². The number of carbonyl (C=O) groups is 1. The van der Waals surface area contributed by atoms with E-state index in [1.54, 1.807) is 6.92 Å². The summed E-state index contributed by atoms with van der Waals surface area (Å²) in [6.45, 7) is 3.38. The molecule has 2 heterocycles. The molecule has 0 bridgehead atoms. The molecule has 1 atom stereocenters. The van der Waals surface area contributed by atoms with Crippen LogP contribution in [-0.2, 0) is 9.53 Å². The fourth-order valence-corrected chi connectivity index (χ4v) is 2.88. The van der Waals surface area contributed by atoms with E-state index >= 15 is 0 Å². The minimum atomic E-state index is -0.288. The summed E-state index contributed by atoms with van der Waals surface area (Å²) in [6.07, 6.45) is 1.63. The van der Waals surface area contributed by atoms with Crippen molar-refractivity contribution in [1.82, 2.24) is 15.2 Å². The summed E-state index contributed by atoms with van der Waals surface area (Å²) in [7, 11) is 0. The van der Waals surface area contributed by atoms with Gasteiger partial charge in [-0.25, -0.2) is 0 Å². The highest BCUT2D eigenvalue weighted by atomic mass is 16.5. The summed E-state index contributed by atoms with van der Waals surface area (Å²) in [4.78, 5) is 28.9. The van der Waals surface area contributed by atoms with Gasteiger partial charge in [-0.15, -0.1) is 10.2 Å². The number of hydrogen-bond donors (Lipinski definition) is 1. The molecule has 3 rings (SSSR count). The van der Waals surface area contributed by atoms with Crippen molar-refractivity contribution in [3.05, 3.63) is 40.7 Å². The second kappa shape index (κ2) is 7.25. The standard InChI is InChI=1S/C17H20N4O3/c1-2-24-16(23)13-9-6-10-21(11-13)17-18-15(22)14(19-20-17)12-7-4-3-5-8-12/h3-5,7-8,13H,2,6,9-11H2,1H3,(H,18,20,22)/t13-/m0/s1. The van der Waals surface area contributed by atoms with E-state index in [0.29, 0.717) is 24.8 Å². The first kappa shape index (κ1) is 16.2. The van der Waals surface area contributed by atoms with Crippen LogP contribution in [0.5, 0.6) is 0 Å². The largest absolute Gasteiger partial charge is 0.466 e. The van der Waals surface area contributed by atoms with Crippen molar-refractivity contribution in [2.75, 3.05) is 24.6 Å². The van der Waals surface area contributed by atoms with Gasteiger partial charge in [-0.2, -0.15) is 0 Å². The average Bonchev–Trinajstić information content (AvgIpc) is 2.62. The number of ether oxygens (including phenoxy) is 1. The van der Waals surface area contributed by atoms with E-state index in [9.17, 15) is 9.59 Å². The van der Waals surface area contributed by atoms with Gasteiger partial charge in [0.1, 0.15) is 0 Å². The van der Waals surface area contributed by atoms with E-state index in [1.807, 2.05) is 35.2 Å². The molecule has 1 aromatic heterocycles. The SMILES string of the molecule is CCOC(=O)[C@H]1CCCN(c2nnc(-c3ccccc3)c(=O)[nH]2)C1. The summed E-state index contributed by atoms with van der Waals surface area (Å²) in [5.74, 6) is 0.00453. The predicted molar refractivity (Wildman–Crippen MR) is 89.7 cm³/mol. The van der Waals surface area contributed by atoms with Gasteiger partial charge in [0.15, 0.2) is 5.69 Å². The molecule has 1 fully saturated rings. The second-order valence-electron chi connectivity index (χ2n) is 5.73. The number of nitrogens with one attached hydrogen (secondary N) is 1. The van der Waals surface area contributed by atoms with E-state index in [1.165, 1.54) is 0 Å². The maximum atomic E-state index is 12.3. The van der Waals surface area contributed by atoms with Gasteiger partial charge >= 0.3 is 5.97 Å². The third kappa shape index (κ3) is 3.45. The Morgan fingerprint density at radius 2 is 2.12 bits per heavy atom. The highest BCUT2D eigenvalue weighted by molar-refractivity contribution is 5.73. The van der Waals surface area contributed by atoms with Gasteiger partial charge in [0.25, 0.3) is 5.56 Å². The van der Waals surface area contributed by atoms with Gasteiger partial charge in [0.05, 0.1) is 12.5 Å². The van der Waals surface area contributed by atoms with Crippen LogP contribution in [0.25, 0.3) is 11.3 Å². The molecule has 1 saturated heterocycles. The summed E-state index contributed by atoms with van der Waals surface area (Å²) < 4.78 is 5.09. The zero-order chi connectivity index (χ0) is 16.9. The third-order valence-corrected chi connectivity index (χ3v) is 4.07. The fraction of sp³-hybridized carbons (Fsp3) is 0.412. The molecule has 0 unspecified atom stereocenters. The van der Waals surface area contributed by atoms with Crippen molar-refractivity contribution in [3.8, 4) is 11.3 Å². The van der Waals surface area contributed by atoms with E-state index in [4.69, 9.17) is 4.74 Å². The Balaban J connectivity index is 1.79. The van der Waals surface area contributed by atoms with Crippen molar-refractivity contribution in [1.29, 1.82) is 0 Å². The Labute approximate surface area is 139 Å². The number of nitrogens with zero attached hydrogens (tertiary/aromatic N) is 3. The lowest BCUT2D eigenvalue weighted by Crippen LogP contribution is -2.41. The number of H-pyrrole nitrogens is 1. The van der Waals surface area contributed by atoms with Crippen LogP contribution >= 0.6 is 0 Å². The molecule has 1 aliphatic rings. The van der Waals surface area contributed by atoms with Gasteiger partial charge in [0, 0.05) is 18.7 Å². The molecular weight excluding hydrogens is 308 g/mol. The van der Waals surface area contributed by atoms with E-state index in [0.717, 1.165) is 24.9 Å². The Bertz CT molecular complexity index is 760. The second-order valence-corrected chi connectivity index (χ2v) is 5.73. The topological polar surface area (TPSA) is 88.2 Å². The lowest BCUT2D eigenvalue weighted by Gasteiger charge is -2.31. The molecule has 24 heavy (non-hydrogen) atoms. The Kier molecular flexibility index (Phi) is 4.88. The first-order valence-electron chi connectivity index (χ1n) is 8.13. The van der Waals surface area contributed by atoms with Crippen LogP contribution in [0.4, 0.5) is 5.95 Å². The molecule has 2 aromatic rings. The maximum absolute atomic E-state index is 12.3. The Morgan fingerprint density at radius 3 is 2.83 bits per heavy atom. The summed E-state index contributed by atoms with van der Waals surface area (Å²) in [5, 5.41) is 8.23. The van der Waals surface area contributed by atoms with Crippen LogP contribution in [0, 0.1) is 5.92 Å². The number of aromatic nitrogens is 3. The Morgan fingerprint density at radius 1 is 1.33 bits per heavy atom. The van der Waals surface area contributed by atoms with E-state index < -0.39 is 0 Å². The normalized spacial score (nSPS) is 17.5. The van der Waals surface area contributed by atoms with Crippen molar-refractivity contribution in [2.24, 2.45) is 5.92 Å². The first-order valence-corrected chi connectivity index (χ1v) is 8.13. The van der Waals surface area contributed by atoms with Crippen molar-refractivity contribution >= 4 is 11.9 Å². The molecule has 1 aromatic carbocycles. The number of benzene rings is 1. The lowest BCUT2D eigenvalue weighted by molar-refractivity contribution is -0.148. The summed E-state index contributed by atoms with van der Waals surface area (Å²) in [5.41, 5.74) is 0.726. The molecule has 7 nitrogen and oxygen atoms in total. The highest BCUT2D eigenvalue weighted by Gasteiger charge is 2.28. The van der Waals surface area contributed by atoms with E-state index in [2.05, 4.69) is 15.2 Å². The molecule has 1 N–H and O–H groups in total. The summed E-state index contributed by atoms with van der Waals surface area (Å²) >= 11 is 0. The molecule has 0 radical (unpaired) electrons. The van der Waals surface area contributed by atoms with Gasteiger partial charge in [-0.1, -0.05) is 30.3 Å². The summed E-state index contributed by atoms with van der Waals surface area (Å²) in [6, 6.07) is 9.20. The van der Waals surface area contributed by atoms with Gasteiger partial charge in [0.2, 0.25) is 5.95 Å². The van der Waals surface area contributed by atoms with Crippen molar-refractivity contribution in [3.63, 3.8) is 0 Å². The highest BCUT2D eigenvalue weighted by Crippen LogP contribution is 2.21. The zero-order valence-electron chi connectivity index (χ0n) is 13.6. The molecule has 126 valence electrons. The smallest absolute Gasteiger partial charge is 0.310 e. The number of carbonyl (C=O) groups excluding carboxylic acids is 1. The number of esters is 1. The average molecular weight is 328 g/mol. The number of rotatable bonds is 4. The van der Waals surface area contributed by atoms with Crippen molar-refractivity contribution in [2.45, 2.75) is 19.8 Å². The molecule has 0 amide bonds. The number of hydrogen-bond acceptors (Lipinski definition) is 6. The zero-order valence-corrected chi connectivity index (χ0v) is 13.6. The fourth-order valence-electron chi connectivity index (χ4n) is 2.88. The van der Waals surface area contributed by atoms with Gasteiger partial charge < -0.3 is 9.64 Å². The van der Waals surface area contributed by atoms with Gasteiger partial charge in [-0.3, -0.25) is 14.6 Å².